The van der Waals surface area contributed by atoms with Crippen molar-refractivity contribution in [3.63, 3.8) is 0 Å². The minimum Gasteiger partial charge on any atom is -0.324 e. The third-order valence-corrected chi connectivity index (χ3v) is 6.86. The Kier molecular flexibility index (Phi) is 5.19. The summed E-state index contributed by atoms with van der Waals surface area (Å²) in [4.78, 5) is 0.370. The fourth-order valence-electron chi connectivity index (χ4n) is 3.00. The van der Waals surface area contributed by atoms with Crippen LogP contribution in [0, 0.1) is 13.8 Å². The molecule has 1 aliphatic rings. The monoisotopic (exact) mass is 329 g/mol. The molecular formula is C14H23N3O2S2. The molecule has 0 aromatic heterocycles. The Morgan fingerprint density at radius 3 is 2.33 bits per heavy atom. The number of aryl methyl sites for hydroxylation is 2. The van der Waals surface area contributed by atoms with E-state index in [1.54, 1.807) is 26.0 Å². The van der Waals surface area contributed by atoms with Crippen molar-refractivity contribution in [2.45, 2.75) is 49.3 Å². The first-order valence-electron chi connectivity index (χ1n) is 7.00. The van der Waals surface area contributed by atoms with E-state index in [4.69, 9.17) is 5.84 Å². The Hall–Kier alpha value is -0.760. The lowest BCUT2D eigenvalue weighted by Crippen LogP contribution is -2.34. The highest BCUT2D eigenvalue weighted by Crippen LogP contribution is 2.30. The van der Waals surface area contributed by atoms with Gasteiger partial charge in [-0.05, 0) is 62.6 Å². The van der Waals surface area contributed by atoms with Crippen LogP contribution in [0.15, 0.2) is 17.0 Å². The predicted molar refractivity (Wildman–Crippen MR) is 89.0 cm³/mol. The van der Waals surface area contributed by atoms with Crippen LogP contribution < -0.4 is 16.0 Å². The average Bonchev–Trinajstić information content (AvgIpc) is 2.84. The van der Waals surface area contributed by atoms with Crippen LogP contribution >= 0.6 is 11.8 Å². The smallest absolute Gasteiger partial charge is 0.241 e. The minimum atomic E-state index is -3.49. The largest absolute Gasteiger partial charge is 0.324 e. The van der Waals surface area contributed by atoms with E-state index in [0.717, 1.165) is 19.3 Å². The zero-order valence-corrected chi connectivity index (χ0v) is 14.3. The number of hydrogen-bond acceptors (Lipinski definition) is 5. The molecule has 2 rings (SSSR count). The van der Waals surface area contributed by atoms with Gasteiger partial charge in [0.05, 0.1) is 4.90 Å². The molecule has 4 N–H and O–H groups in total. The van der Waals surface area contributed by atoms with Gasteiger partial charge in [0.2, 0.25) is 10.0 Å². The van der Waals surface area contributed by atoms with Crippen LogP contribution in [-0.2, 0) is 10.0 Å². The van der Waals surface area contributed by atoms with Gasteiger partial charge < -0.3 is 5.43 Å². The molecule has 1 fully saturated rings. The number of thioether (sulfide) groups is 1. The Bertz CT molecular complexity index is 594. The molecule has 2 atom stereocenters. The fraction of sp³-hybridized carbons (Fsp3) is 0.571. The normalized spacial score (nSPS) is 22.5. The molecule has 118 valence electrons. The molecule has 0 spiro atoms. The van der Waals surface area contributed by atoms with E-state index in [1.165, 1.54) is 0 Å². The topological polar surface area (TPSA) is 84.2 Å². The Labute approximate surface area is 131 Å². The molecule has 5 nitrogen and oxygen atoms in total. The van der Waals surface area contributed by atoms with E-state index in [-0.39, 0.29) is 6.04 Å². The molecule has 1 aromatic rings. The summed E-state index contributed by atoms with van der Waals surface area (Å²) in [5.74, 6) is 5.39. The van der Waals surface area contributed by atoms with Gasteiger partial charge in [0.25, 0.3) is 0 Å². The van der Waals surface area contributed by atoms with Crippen LogP contribution in [0.5, 0.6) is 0 Å². The number of rotatable bonds is 5. The molecule has 0 saturated heterocycles. The van der Waals surface area contributed by atoms with Crippen molar-refractivity contribution in [2.75, 3.05) is 11.7 Å². The number of anilines is 1. The van der Waals surface area contributed by atoms with Crippen LogP contribution in [-0.4, -0.2) is 26.0 Å². The van der Waals surface area contributed by atoms with E-state index in [2.05, 4.69) is 16.4 Å². The third kappa shape index (κ3) is 3.71. The third-order valence-electron chi connectivity index (χ3n) is 3.94. The summed E-state index contributed by atoms with van der Waals surface area (Å²) < 4.78 is 28.2. The molecule has 1 saturated carbocycles. The molecule has 7 heteroatoms. The van der Waals surface area contributed by atoms with Gasteiger partial charge in [0.15, 0.2) is 0 Å². The van der Waals surface area contributed by atoms with E-state index >= 15 is 0 Å². The number of benzene rings is 1. The van der Waals surface area contributed by atoms with Crippen LogP contribution in [0.1, 0.15) is 30.4 Å². The van der Waals surface area contributed by atoms with Gasteiger partial charge in [-0.1, -0.05) is 0 Å². The van der Waals surface area contributed by atoms with Gasteiger partial charge in [-0.2, -0.15) is 11.8 Å². The molecule has 1 aromatic carbocycles. The molecule has 2 unspecified atom stereocenters. The number of nitrogens with one attached hydrogen (secondary N) is 2. The summed E-state index contributed by atoms with van der Waals surface area (Å²) in [6.45, 7) is 3.59. The summed E-state index contributed by atoms with van der Waals surface area (Å²) in [6, 6.07) is 3.54. The Morgan fingerprint density at radius 1 is 1.24 bits per heavy atom. The van der Waals surface area contributed by atoms with E-state index < -0.39 is 10.0 Å². The lowest BCUT2D eigenvalue weighted by molar-refractivity contribution is 0.551. The minimum absolute atomic E-state index is 0.0403. The fourth-order valence-corrected chi connectivity index (χ4v) is 5.53. The molecule has 21 heavy (non-hydrogen) atoms. The van der Waals surface area contributed by atoms with E-state index in [1.807, 2.05) is 11.8 Å². The highest BCUT2D eigenvalue weighted by atomic mass is 32.2. The second kappa shape index (κ2) is 6.56. The standard InChI is InChI=1S/C14H23N3O2S2/c1-9-6-12(16-15)7-10(2)14(9)21(18,19)17-11-4-5-13(8-11)20-3/h6-7,11,13,16-17H,4-5,8,15H2,1-3H3. The summed E-state index contributed by atoms with van der Waals surface area (Å²) in [6.07, 6.45) is 4.96. The van der Waals surface area contributed by atoms with Crippen LogP contribution in [0.4, 0.5) is 5.69 Å². The SMILES string of the molecule is CSC1CCC(NS(=O)(=O)c2c(C)cc(NN)cc2C)C1. The highest BCUT2D eigenvalue weighted by Gasteiger charge is 2.29. The maximum Gasteiger partial charge on any atom is 0.241 e. The molecule has 0 radical (unpaired) electrons. The van der Waals surface area contributed by atoms with Gasteiger partial charge in [0.1, 0.15) is 0 Å². The van der Waals surface area contributed by atoms with Crippen LogP contribution in [0.25, 0.3) is 0 Å². The van der Waals surface area contributed by atoms with Gasteiger partial charge >= 0.3 is 0 Å². The summed E-state index contributed by atoms with van der Waals surface area (Å²) in [7, 11) is -3.49. The van der Waals surface area contributed by atoms with Crippen LogP contribution in [0.3, 0.4) is 0 Å². The lowest BCUT2D eigenvalue weighted by atomic mass is 10.1. The first-order valence-corrected chi connectivity index (χ1v) is 9.77. The number of nitrogen functional groups attached to an aromatic ring is 1. The van der Waals surface area contributed by atoms with Gasteiger partial charge in [-0.3, -0.25) is 5.84 Å². The summed E-state index contributed by atoms with van der Waals surface area (Å²) in [5, 5.41) is 0.559. The predicted octanol–water partition coefficient (Wildman–Crippen LogP) is 2.15. The van der Waals surface area contributed by atoms with Crippen molar-refractivity contribution in [2.24, 2.45) is 5.84 Å². The van der Waals surface area contributed by atoms with Crippen molar-refractivity contribution in [1.82, 2.24) is 4.72 Å². The van der Waals surface area contributed by atoms with Crippen LogP contribution in [0.2, 0.25) is 0 Å². The first kappa shape index (κ1) is 16.6. The van der Waals surface area contributed by atoms with Gasteiger partial charge in [-0.25, -0.2) is 13.1 Å². The number of hydrogen-bond donors (Lipinski definition) is 3. The number of sulfonamides is 1. The van der Waals surface area contributed by atoms with Crippen molar-refractivity contribution in [3.8, 4) is 0 Å². The number of hydrazine groups is 1. The van der Waals surface area contributed by atoms with Gasteiger partial charge in [0, 0.05) is 17.0 Å². The van der Waals surface area contributed by atoms with Crippen molar-refractivity contribution in [1.29, 1.82) is 0 Å². The summed E-state index contributed by atoms with van der Waals surface area (Å²) >= 11 is 1.81. The molecule has 0 bridgehead atoms. The molecule has 0 amide bonds. The van der Waals surface area contributed by atoms with Crippen molar-refractivity contribution >= 4 is 27.5 Å². The molecule has 1 aliphatic carbocycles. The molecule has 0 aliphatic heterocycles. The average molecular weight is 329 g/mol. The van der Waals surface area contributed by atoms with E-state index in [0.29, 0.717) is 27.0 Å². The van der Waals surface area contributed by atoms with Crippen molar-refractivity contribution < 1.29 is 8.42 Å². The zero-order valence-electron chi connectivity index (χ0n) is 12.6. The lowest BCUT2D eigenvalue weighted by Gasteiger charge is -2.17. The Morgan fingerprint density at radius 2 is 1.86 bits per heavy atom. The first-order chi connectivity index (χ1) is 9.87. The zero-order chi connectivity index (χ0) is 15.6. The van der Waals surface area contributed by atoms with Gasteiger partial charge in [-0.15, -0.1) is 0 Å². The molecular weight excluding hydrogens is 306 g/mol. The Balaban J connectivity index is 2.24. The maximum atomic E-state index is 12.7. The van der Waals surface area contributed by atoms with E-state index in [9.17, 15) is 8.42 Å². The second-order valence-corrected chi connectivity index (χ2v) is 8.36. The maximum absolute atomic E-state index is 12.7. The summed E-state index contributed by atoms with van der Waals surface area (Å²) in [5.41, 5.74) is 4.68. The second-order valence-electron chi connectivity index (χ2n) is 5.57. The highest BCUT2D eigenvalue weighted by molar-refractivity contribution is 7.99. The van der Waals surface area contributed by atoms with Crippen molar-refractivity contribution in [3.05, 3.63) is 23.3 Å². The molecule has 0 heterocycles. The number of nitrogens with two attached hydrogens (primary N) is 1. The quantitative estimate of drug-likeness (QED) is 0.569.